The summed E-state index contributed by atoms with van der Waals surface area (Å²) in [5, 5.41) is 0. The summed E-state index contributed by atoms with van der Waals surface area (Å²) in [7, 11) is 0. The van der Waals surface area contributed by atoms with Crippen LogP contribution in [0.15, 0.2) is 9.90 Å². The van der Waals surface area contributed by atoms with Gasteiger partial charge in [0.2, 0.25) is 0 Å². The Hall–Kier alpha value is -0.450. The number of alkyl halides is 4. The summed E-state index contributed by atoms with van der Waals surface area (Å²) in [5.41, 5.74) is -1.23. The lowest BCUT2D eigenvalue weighted by Crippen LogP contribution is -2.22. The number of carbonyl (C=O) groups excluding carboxylic acids is 1. The molecule has 1 rings (SSSR count). The Balaban J connectivity index is 3.04. The van der Waals surface area contributed by atoms with Crippen molar-refractivity contribution in [2.75, 3.05) is 0 Å². The van der Waals surface area contributed by atoms with Gasteiger partial charge in [-0.1, -0.05) is 23.4 Å². The van der Waals surface area contributed by atoms with Crippen molar-refractivity contribution in [3.63, 3.8) is 0 Å². The molecule has 0 amide bonds. The molecule has 1 aliphatic rings. The Kier molecular flexibility index (Phi) is 2.51. The first-order valence-electron chi connectivity index (χ1n) is 2.66. The maximum atomic E-state index is 12.0. The minimum absolute atomic E-state index is 0.535. The lowest BCUT2D eigenvalue weighted by atomic mass is 10.3. The van der Waals surface area contributed by atoms with Crippen LogP contribution in [0.1, 0.15) is 0 Å². The minimum Gasteiger partial charge on any atom is -0.248 e. The van der Waals surface area contributed by atoms with Crippen LogP contribution in [0, 0.1) is 0 Å². The largest absolute Gasteiger partial charge is 0.434 e. The highest BCUT2D eigenvalue weighted by atomic mass is 35.5. The van der Waals surface area contributed by atoms with Crippen molar-refractivity contribution in [2.24, 2.45) is 4.99 Å². The van der Waals surface area contributed by atoms with Crippen molar-refractivity contribution < 1.29 is 18.0 Å². The molecule has 1 aliphatic heterocycles. The smallest absolute Gasteiger partial charge is 0.248 e. The van der Waals surface area contributed by atoms with Crippen LogP contribution in [0.2, 0.25) is 0 Å². The van der Waals surface area contributed by atoms with E-state index in [1.54, 1.807) is 0 Å². The van der Waals surface area contributed by atoms with Crippen molar-refractivity contribution in [3.8, 4) is 0 Å². The molecule has 0 radical (unpaired) electrons. The normalized spacial score (nSPS) is 23.8. The van der Waals surface area contributed by atoms with Crippen molar-refractivity contribution in [2.45, 2.75) is 11.0 Å². The van der Waals surface area contributed by atoms with E-state index < -0.39 is 21.6 Å². The van der Waals surface area contributed by atoms with E-state index >= 15 is 0 Å². The number of allylic oxidation sites excluding steroid dienone is 1. The molecular formula is C5HClF3NOS. The fourth-order valence-corrected chi connectivity index (χ4v) is 1.66. The highest BCUT2D eigenvalue weighted by Crippen LogP contribution is 2.38. The number of halogens is 4. The molecule has 2 nitrogen and oxygen atoms in total. The lowest BCUT2D eigenvalue weighted by Gasteiger charge is -2.02. The van der Waals surface area contributed by atoms with Crippen LogP contribution < -0.4 is 0 Å². The maximum absolute atomic E-state index is 12.0. The van der Waals surface area contributed by atoms with Gasteiger partial charge >= 0.3 is 6.18 Å². The molecule has 12 heavy (non-hydrogen) atoms. The summed E-state index contributed by atoms with van der Waals surface area (Å²) < 4.78 is 35.9. The zero-order chi connectivity index (χ0) is 9.35. The van der Waals surface area contributed by atoms with Gasteiger partial charge in [-0.3, -0.25) is 0 Å². The van der Waals surface area contributed by atoms with Crippen LogP contribution in [-0.2, 0) is 4.79 Å². The molecule has 0 aliphatic carbocycles. The molecule has 0 fully saturated rings. The Morgan fingerprint density at radius 2 is 2.17 bits per heavy atom. The van der Waals surface area contributed by atoms with Crippen molar-refractivity contribution >= 4 is 35.0 Å². The number of rotatable bonds is 0. The second-order valence-corrected chi connectivity index (χ2v) is 3.58. The average molecular weight is 216 g/mol. The van der Waals surface area contributed by atoms with Gasteiger partial charge in [-0.2, -0.15) is 13.2 Å². The van der Waals surface area contributed by atoms with E-state index in [-0.39, 0.29) is 0 Å². The predicted molar refractivity (Wildman–Crippen MR) is 39.9 cm³/mol. The molecule has 0 N–H and O–H groups in total. The number of aliphatic imine (C=N–C) groups is 1. The van der Waals surface area contributed by atoms with Gasteiger partial charge in [-0.15, -0.1) is 0 Å². The Morgan fingerprint density at radius 1 is 1.58 bits per heavy atom. The highest BCUT2D eigenvalue weighted by Gasteiger charge is 2.43. The highest BCUT2D eigenvalue weighted by molar-refractivity contribution is 8.06. The van der Waals surface area contributed by atoms with E-state index in [0.717, 1.165) is 5.94 Å². The fourth-order valence-electron chi connectivity index (χ4n) is 0.614. The molecule has 0 bridgehead atoms. The van der Waals surface area contributed by atoms with E-state index in [1.165, 1.54) is 0 Å². The van der Waals surface area contributed by atoms with Gasteiger partial charge in [0.25, 0.3) is 0 Å². The summed E-state index contributed by atoms with van der Waals surface area (Å²) in [4.78, 5) is 11.4. The zero-order valence-corrected chi connectivity index (χ0v) is 6.93. The third-order valence-electron chi connectivity index (χ3n) is 1.02. The monoisotopic (exact) mass is 215 g/mol. The fraction of sp³-hybridized carbons (Fsp3) is 0.400. The molecule has 7 heteroatoms. The van der Waals surface area contributed by atoms with Gasteiger partial charge in [-0.25, -0.2) is 9.79 Å². The quantitative estimate of drug-likeness (QED) is 0.351. The first-order valence-corrected chi connectivity index (χ1v) is 3.98. The van der Waals surface area contributed by atoms with Gasteiger partial charge < -0.3 is 0 Å². The van der Waals surface area contributed by atoms with Gasteiger partial charge in [0, 0.05) is 0 Å². The van der Waals surface area contributed by atoms with Gasteiger partial charge in [0.05, 0.1) is 0 Å². The van der Waals surface area contributed by atoms with Crippen LogP contribution in [0.25, 0.3) is 0 Å². The second-order valence-electron chi connectivity index (χ2n) is 1.82. The molecule has 66 valence electrons. The molecule has 0 aromatic rings. The molecule has 1 heterocycles. The van der Waals surface area contributed by atoms with Crippen molar-refractivity contribution in [1.29, 1.82) is 0 Å². The number of thioether (sulfide) groups is 1. The molecule has 0 aromatic carbocycles. The first kappa shape index (κ1) is 9.64. The van der Waals surface area contributed by atoms with E-state index in [1.807, 2.05) is 0 Å². The van der Waals surface area contributed by atoms with Crippen LogP contribution in [0.3, 0.4) is 0 Å². The standard InChI is InChI=1S/C5HClF3NOS/c6-4-10-3(5(7,8)9)2(1-11)12-4/h4H. The van der Waals surface area contributed by atoms with Crippen LogP contribution in [-0.4, -0.2) is 22.7 Å². The van der Waals surface area contributed by atoms with Crippen molar-refractivity contribution in [3.05, 3.63) is 4.91 Å². The molecule has 1 unspecified atom stereocenters. The summed E-state index contributed by atoms with van der Waals surface area (Å²) in [6.07, 6.45) is -4.62. The number of hydrogen-bond acceptors (Lipinski definition) is 3. The molecule has 1 atom stereocenters. The minimum atomic E-state index is -4.62. The van der Waals surface area contributed by atoms with Gasteiger partial charge in [0.15, 0.2) is 10.5 Å². The predicted octanol–water partition coefficient (Wildman–Crippen LogP) is 1.97. The molecule has 0 saturated heterocycles. The van der Waals surface area contributed by atoms with E-state index in [0.29, 0.717) is 11.8 Å². The number of hydrogen-bond donors (Lipinski definition) is 0. The van der Waals surface area contributed by atoms with E-state index in [9.17, 15) is 18.0 Å². The van der Waals surface area contributed by atoms with Gasteiger partial charge in [-0.05, 0) is 0 Å². The summed E-state index contributed by atoms with van der Waals surface area (Å²) in [6.45, 7) is 0. The zero-order valence-electron chi connectivity index (χ0n) is 5.35. The molecule has 0 spiro atoms. The Labute approximate surface area is 74.5 Å². The molecule has 0 aromatic heterocycles. The topological polar surface area (TPSA) is 29.4 Å². The molecule has 0 saturated carbocycles. The lowest BCUT2D eigenvalue weighted by molar-refractivity contribution is -0.0578. The second kappa shape index (κ2) is 3.12. The summed E-state index contributed by atoms with van der Waals surface area (Å²) in [6, 6.07) is 0. The maximum Gasteiger partial charge on any atom is 0.434 e. The number of nitrogens with zero attached hydrogens (tertiary/aromatic N) is 1. The van der Waals surface area contributed by atoms with Crippen LogP contribution in [0.4, 0.5) is 13.2 Å². The Morgan fingerprint density at radius 3 is 2.50 bits per heavy atom. The van der Waals surface area contributed by atoms with Crippen LogP contribution in [0.5, 0.6) is 0 Å². The van der Waals surface area contributed by atoms with E-state index in [4.69, 9.17) is 11.6 Å². The van der Waals surface area contributed by atoms with Crippen molar-refractivity contribution in [1.82, 2.24) is 0 Å². The van der Waals surface area contributed by atoms with E-state index in [2.05, 4.69) is 4.99 Å². The molecular weight excluding hydrogens is 215 g/mol. The third-order valence-corrected chi connectivity index (χ3v) is 2.20. The first-order chi connectivity index (χ1) is 5.45. The Bertz CT molecular complexity index is 281. The average Bonchev–Trinajstić information content (AvgIpc) is 2.29. The summed E-state index contributed by atoms with van der Waals surface area (Å²) >= 11 is 5.80. The third kappa shape index (κ3) is 1.83. The van der Waals surface area contributed by atoms with Crippen LogP contribution >= 0.6 is 23.4 Å². The summed E-state index contributed by atoms with van der Waals surface area (Å²) in [5.74, 6) is 1.15. The van der Waals surface area contributed by atoms with Gasteiger partial charge in [0.1, 0.15) is 10.8 Å². The SMILES string of the molecule is O=C=C1SC(Cl)N=C1C(F)(F)F.